The van der Waals surface area contributed by atoms with Crippen LogP contribution in [0, 0.1) is 5.92 Å². The predicted octanol–water partition coefficient (Wildman–Crippen LogP) is 1.82. The molecule has 0 aliphatic carbocycles. The lowest BCUT2D eigenvalue weighted by Crippen LogP contribution is -2.55. The van der Waals surface area contributed by atoms with Crippen molar-refractivity contribution in [2.45, 2.75) is 51.1 Å². The molecule has 0 heterocycles. The number of carbonyl (C=O) groups is 1. The highest BCUT2D eigenvalue weighted by molar-refractivity contribution is 7.89. The maximum Gasteiger partial charge on any atom is 0.251 e. The van der Waals surface area contributed by atoms with Crippen molar-refractivity contribution in [3.8, 4) is 0 Å². The molecule has 0 aromatic heterocycles. The van der Waals surface area contributed by atoms with Crippen LogP contribution in [0.25, 0.3) is 0 Å². The van der Waals surface area contributed by atoms with Crippen LogP contribution in [0.2, 0.25) is 0 Å². The van der Waals surface area contributed by atoms with Crippen LogP contribution in [0.1, 0.15) is 45.0 Å². The fraction of sp³-hybridized carbons (Fsp3) is 0.588. The molecule has 1 aromatic carbocycles. The summed E-state index contributed by atoms with van der Waals surface area (Å²) in [6.07, 6.45) is 0. The summed E-state index contributed by atoms with van der Waals surface area (Å²) < 4.78 is 26.2. The Balaban J connectivity index is 3.02. The lowest BCUT2D eigenvalue weighted by atomic mass is 9.88. The summed E-state index contributed by atoms with van der Waals surface area (Å²) >= 11 is 0. The average molecular weight is 356 g/mol. The van der Waals surface area contributed by atoms with Crippen LogP contribution in [-0.2, 0) is 10.0 Å². The fourth-order valence-electron chi connectivity index (χ4n) is 1.98. The molecule has 0 spiro atoms. The zero-order valence-electron chi connectivity index (χ0n) is 15.3. The van der Waals surface area contributed by atoms with Crippen molar-refractivity contribution >= 4 is 15.9 Å². The molecule has 6 nitrogen and oxygen atoms in total. The van der Waals surface area contributed by atoms with Crippen molar-refractivity contribution in [3.63, 3.8) is 0 Å². The van der Waals surface area contributed by atoms with Crippen molar-refractivity contribution in [1.82, 2.24) is 9.62 Å². The maximum absolute atomic E-state index is 12.4. The summed E-state index contributed by atoms with van der Waals surface area (Å²) in [7, 11) is -2.01. The van der Waals surface area contributed by atoms with E-state index in [0.717, 1.165) is 0 Å². The molecule has 7 heteroatoms. The van der Waals surface area contributed by atoms with Gasteiger partial charge >= 0.3 is 0 Å². The highest BCUT2D eigenvalue weighted by Crippen LogP contribution is 2.19. The van der Waals surface area contributed by atoms with Crippen LogP contribution < -0.4 is 11.1 Å². The first-order chi connectivity index (χ1) is 11.0. The summed E-state index contributed by atoms with van der Waals surface area (Å²) in [6, 6.07) is 5.81. The van der Waals surface area contributed by atoms with Crippen molar-refractivity contribution in [3.05, 3.63) is 29.8 Å². The Morgan fingerprint density at radius 1 is 1.21 bits per heavy atom. The number of sulfonamides is 1. The molecule has 0 aliphatic rings. The van der Waals surface area contributed by atoms with Crippen LogP contribution in [0.5, 0.6) is 0 Å². The van der Waals surface area contributed by atoms with Gasteiger partial charge in [-0.3, -0.25) is 4.79 Å². The van der Waals surface area contributed by atoms with Gasteiger partial charge in [0.1, 0.15) is 0 Å². The SMILES string of the molecule is CC(C)N(C)S(=O)(=O)c1ccc(C(=O)NC(C)(CN)C(C)C)cc1. The fourth-order valence-corrected chi connectivity index (χ4v) is 3.35. The summed E-state index contributed by atoms with van der Waals surface area (Å²) in [5.41, 5.74) is 5.67. The third-order valence-electron chi connectivity index (χ3n) is 4.62. The van der Waals surface area contributed by atoms with E-state index in [1.54, 1.807) is 13.8 Å². The molecular weight excluding hydrogens is 326 g/mol. The quantitative estimate of drug-likeness (QED) is 0.780. The summed E-state index contributed by atoms with van der Waals surface area (Å²) in [4.78, 5) is 12.6. The van der Waals surface area contributed by atoms with Crippen molar-refractivity contribution in [1.29, 1.82) is 0 Å². The molecule has 0 aliphatic heterocycles. The Morgan fingerprint density at radius 2 is 1.71 bits per heavy atom. The Labute approximate surface area is 145 Å². The number of carbonyl (C=O) groups excluding carboxylic acids is 1. The van der Waals surface area contributed by atoms with E-state index in [1.165, 1.54) is 35.6 Å². The zero-order valence-corrected chi connectivity index (χ0v) is 16.1. The van der Waals surface area contributed by atoms with Gasteiger partial charge in [-0.15, -0.1) is 0 Å². The number of amides is 1. The van der Waals surface area contributed by atoms with Gasteiger partial charge in [0.05, 0.1) is 10.4 Å². The second-order valence-corrected chi connectivity index (χ2v) is 8.87. The minimum atomic E-state index is -3.55. The molecule has 0 radical (unpaired) electrons. The van der Waals surface area contributed by atoms with E-state index in [0.29, 0.717) is 12.1 Å². The molecule has 0 fully saturated rings. The standard InChI is InChI=1S/C17H29N3O3S/c1-12(2)17(5,11-18)19-16(21)14-7-9-15(10-8-14)24(22,23)20(6)13(3)4/h7-10,12-13H,11,18H2,1-6H3,(H,19,21). The number of nitrogens with zero attached hydrogens (tertiary/aromatic N) is 1. The first-order valence-corrected chi connectivity index (χ1v) is 9.50. The van der Waals surface area contributed by atoms with E-state index in [9.17, 15) is 13.2 Å². The highest BCUT2D eigenvalue weighted by Gasteiger charge is 2.29. The van der Waals surface area contributed by atoms with E-state index < -0.39 is 15.6 Å². The van der Waals surface area contributed by atoms with E-state index in [1.807, 2.05) is 20.8 Å². The summed E-state index contributed by atoms with van der Waals surface area (Å²) in [6.45, 7) is 9.81. The Bertz CT molecular complexity index is 669. The minimum Gasteiger partial charge on any atom is -0.345 e. The van der Waals surface area contributed by atoms with Gasteiger partial charge < -0.3 is 11.1 Å². The number of nitrogens with two attached hydrogens (primary N) is 1. The molecule has 1 unspecified atom stereocenters. The van der Waals surface area contributed by atoms with Crippen molar-refractivity contribution in [2.24, 2.45) is 11.7 Å². The average Bonchev–Trinajstić information content (AvgIpc) is 2.53. The van der Waals surface area contributed by atoms with Crippen molar-refractivity contribution < 1.29 is 13.2 Å². The zero-order chi connectivity index (χ0) is 18.7. The van der Waals surface area contributed by atoms with Crippen LogP contribution >= 0.6 is 0 Å². The summed E-state index contributed by atoms with van der Waals surface area (Å²) in [5, 5.41) is 2.93. The Kier molecular flexibility index (Phi) is 6.55. The molecule has 0 bridgehead atoms. The third kappa shape index (κ3) is 4.34. The molecule has 3 N–H and O–H groups in total. The monoisotopic (exact) mass is 355 g/mol. The molecule has 1 rings (SSSR count). The first kappa shape index (κ1) is 20.6. The van der Waals surface area contributed by atoms with Gasteiger partial charge in [0.25, 0.3) is 5.91 Å². The largest absolute Gasteiger partial charge is 0.345 e. The normalized spacial score (nSPS) is 14.9. The topological polar surface area (TPSA) is 92.5 Å². The van der Waals surface area contributed by atoms with Crippen LogP contribution in [0.15, 0.2) is 29.2 Å². The Hall–Kier alpha value is -1.44. The second-order valence-electron chi connectivity index (χ2n) is 6.87. The number of rotatable bonds is 7. The Morgan fingerprint density at radius 3 is 2.08 bits per heavy atom. The lowest BCUT2D eigenvalue weighted by Gasteiger charge is -2.33. The van der Waals surface area contributed by atoms with Gasteiger partial charge in [-0.25, -0.2) is 8.42 Å². The van der Waals surface area contributed by atoms with Gasteiger partial charge in [-0.2, -0.15) is 4.31 Å². The maximum atomic E-state index is 12.4. The smallest absolute Gasteiger partial charge is 0.251 e. The van der Waals surface area contributed by atoms with Crippen LogP contribution in [0.3, 0.4) is 0 Å². The summed E-state index contributed by atoms with van der Waals surface area (Å²) in [5.74, 6) is -0.0939. The number of hydrogen-bond donors (Lipinski definition) is 2. The van der Waals surface area contributed by atoms with E-state index >= 15 is 0 Å². The molecule has 0 saturated heterocycles. The van der Waals surface area contributed by atoms with E-state index in [2.05, 4.69) is 5.32 Å². The molecular formula is C17H29N3O3S. The molecule has 1 amide bonds. The minimum absolute atomic E-state index is 0.144. The lowest BCUT2D eigenvalue weighted by molar-refractivity contribution is 0.0883. The molecule has 1 aromatic rings. The van der Waals surface area contributed by atoms with E-state index in [-0.39, 0.29) is 22.8 Å². The van der Waals surface area contributed by atoms with Crippen LogP contribution in [0.4, 0.5) is 0 Å². The second kappa shape index (κ2) is 7.63. The number of nitrogens with one attached hydrogen (secondary N) is 1. The molecule has 24 heavy (non-hydrogen) atoms. The van der Waals surface area contributed by atoms with Gasteiger partial charge in [-0.05, 0) is 51.0 Å². The van der Waals surface area contributed by atoms with Gasteiger partial charge in [0.15, 0.2) is 0 Å². The highest BCUT2D eigenvalue weighted by atomic mass is 32.2. The predicted molar refractivity (Wildman–Crippen MR) is 96.3 cm³/mol. The number of benzene rings is 1. The third-order valence-corrected chi connectivity index (χ3v) is 6.67. The van der Waals surface area contributed by atoms with Crippen LogP contribution in [-0.4, -0.2) is 43.8 Å². The molecule has 1 atom stereocenters. The first-order valence-electron chi connectivity index (χ1n) is 8.06. The van der Waals surface area contributed by atoms with Gasteiger partial charge in [0.2, 0.25) is 10.0 Å². The van der Waals surface area contributed by atoms with Gasteiger partial charge in [0, 0.05) is 25.2 Å². The van der Waals surface area contributed by atoms with E-state index in [4.69, 9.17) is 5.73 Å². The number of hydrogen-bond acceptors (Lipinski definition) is 4. The molecule has 0 saturated carbocycles. The molecule has 136 valence electrons. The van der Waals surface area contributed by atoms with Gasteiger partial charge in [-0.1, -0.05) is 13.8 Å². The van der Waals surface area contributed by atoms with Crippen molar-refractivity contribution in [2.75, 3.05) is 13.6 Å².